The van der Waals surface area contributed by atoms with Gasteiger partial charge in [-0.15, -0.1) is 0 Å². The summed E-state index contributed by atoms with van der Waals surface area (Å²) in [5, 5.41) is 21.0. The largest absolute Gasteiger partial charge is 0.397 e. The molecule has 0 aliphatic rings. The standard InChI is InChI=1S/C10H13I3N2O2/c11-7-1-8(12)10(14)9(13)6(7)3-15-2-5(17)4-16/h1,5,15-17H,2-4,14H2. The van der Waals surface area contributed by atoms with E-state index in [1.165, 1.54) is 0 Å². The molecular formula is C10H13I3N2O2. The van der Waals surface area contributed by atoms with Gasteiger partial charge in [0.25, 0.3) is 0 Å². The van der Waals surface area contributed by atoms with Crippen LogP contribution in [-0.4, -0.2) is 29.5 Å². The summed E-state index contributed by atoms with van der Waals surface area (Å²) < 4.78 is 3.25. The number of hydrogen-bond donors (Lipinski definition) is 4. The van der Waals surface area contributed by atoms with Gasteiger partial charge in [0, 0.05) is 23.8 Å². The SMILES string of the molecule is Nc1c(I)cc(I)c(CNCC(O)CO)c1I. The molecule has 1 aromatic carbocycles. The van der Waals surface area contributed by atoms with Crippen molar-refractivity contribution in [3.63, 3.8) is 0 Å². The van der Waals surface area contributed by atoms with E-state index in [0.717, 1.165) is 22.0 Å². The number of halogens is 3. The smallest absolute Gasteiger partial charge is 0.0895 e. The van der Waals surface area contributed by atoms with Crippen molar-refractivity contribution in [3.8, 4) is 0 Å². The molecule has 0 aliphatic heterocycles. The molecule has 17 heavy (non-hydrogen) atoms. The second kappa shape index (κ2) is 7.62. The highest BCUT2D eigenvalue weighted by Gasteiger charge is 2.12. The Morgan fingerprint density at radius 2 is 1.94 bits per heavy atom. The zero-order chi connectivity index (χ0) is 13.0. The van der Waals surface area contributed by atoms with E-state index in [4.69, 9.17) is 10.8 Å². The Bertz CT molecular complexity index is 402. The van der Waals surface area contributed by atoms with E-state index in [1.807, 2.05) is 6.07 Å². The topological polar surface area (TPSA) is 78.5 Å². The molecule has 0 amide bonds. The number of aliphatic hydroxyl groups excluding tert-OH is 2. The third-order valence-electron chi connectivity index (χ3n) is 2.19. The van der Waals surface area contributed by atoms with E-state index >= 15 is 0 Å². The van der Waals surface area contributed by atoms with Crippen molar-refractivity contribution in [1.82, 2.24) is 5.32 Å². The molecule has 0 heterocycles. The van der Waals surface area contributed by atoms with Gasteiger partial charge >= 0.3 is 0 Å². The molecule has 4 nitrogen and oxygen atoms in total. The summed E-state index contributed by atoms with van der Waals surface area (Å²) in [7, 11) is 0. The molecule has 0 bridgehead atoms. The molecule has 0 spiro atoms. The summed E-state index contributed by atoms with van der Waals surface area (Å²) in [6.45, 7) is 0.777. The molecule has 0 saturated carbocycles. The Balaban J connectivity index is 2.75. The molecule has 1 rings (SSSR count). The molecule has 96 valence electrons. The summed E-state index contributed by atoms with van der Waals surface area (Å²) in [4.78, 5) is 0. The first-order valence-corrected chi connectivity index (χ1v) is 8.12. The fourth-order valence-electron chi connectivity index (χ4n) is 1.24. The fraction of sp³-hybridized carbons (Fsp3) is 0.400. The number of benzene rings is 1. The van der Waals surface area contributed by atoms with Gasteiger partial charge in [-0.2, -0.15) is 0 Å². The van der Waals surface area contributed by atoms with Crippen molar-refractivity contribution in [2.45, 2.75) is 12.6 Å². The van der Waals surface area contributed by atoms with E-state index in [2.05, 4.69) is 73.1 Å². The number of hydrogen-bond acceptors (Lipinski definition) is 4. The van der Waals surface area contributed by atoms with Gasteiger partial charge in [-0.3, -0.25) is 0 Å². The monoisotopic (exact) mass is 574 g/mol. The highest BCUT2D eigenvalue weighted by Crippen LogP contribution is 2.29. The molecule has 1 unspecified atom stereocenters. The van der Waals surface area contributed by atoms with Crippen LogP contribution < -0.4 is 11.1 Å². The molecule has 0 radical (unpaired) electrons. The van der Waals surface area contributed by atoms with Gasteiger partial charge in [0.15, 0.2) is 0 Å². The van der Waals surface area contributed by atoms with Gasteiger partial charge in [-0.05, 0) is 79.4 Å². The van der Waals surface area contributed by atoms with Crippen molar-refractivity contribution >= 4 is 73.5 Å². The van der Waals surface area contributed by atoms with E-state index < -0.39 is 6.10 Å². The number of nitrogens with two attached hydrogens (primary N) is 1. The minimum absolute atomic E-state index is 0.226. The number of anilines is 1. The fourth-order valence-corrected chi connectivity index (χ4v) is 4.99. The highest BCUT2D eigenvalue weighted by atomic mass is 127. The molecule has 0 aromatic heterocycles. The molecular weight excluding hydrogens is 561 g/mol. The molecule has 1 aromatic rings. The number of nitrogens with one attached hydrogen (secondary N) is 1. The molecule has 7 heteroatoms. The van der Waals surface area contributed by atoms with Crippen LogP contribution in [0.5, 0.6) is 0 Å². The van der Waals surface area contributed by atoms with E-state index in [0.29, 0.717) is 13.1 Å². The van der Waals surface area contributed by atoms with Crippen LogP contribution >= 0.6 is 67.8 Å². The van der Waals surface area contributed by atoms with Gasteiger partial charge in [-0.1, -0.05) is 0 Å². The summed E-state index contributed by atoms with van der Waals surface area (Å²) in [6, 6.07) is 2.04. The Hall–Kier alpha value is 1.09. The minimum atomic E-state index is -0.716. The van der Waals surface area contributed by atoms with Crippen molar-refractivity contribution in [2.75, 3.05) is 18.9 Å². The predicted octanol–water partition coefficient (Wildman–Crippen LogP) is 1.53. The quantitative estimate of drug-likeness (QED) is 0.318. The molecule has 0 fully saturated rings. The normalized spacial score (nSPS) is 12.8. The maximum absolute atomic E-state index is 9.23. The molecule has 0 saturated heterocycles. The molecule has 0 aliphatic carbocycles. The van der Waals surface area contributed by atoms with Crippen LogP contribution in [-0.2, 0) is 6.54 Å². The molecule has 1 atom stereocenters. The Labute approximate surface area is 141 Å². The summed E-state index contributed by atoms with van der Waals surface area (Å²) in [5.41, 5.74) is 7.90. The first-order chi connectivity index (χ1) is 7.97. The predicted molar refractivity (Wildman–Crippen MR) is 93.8 cm³/mol. The van der Waals surface area contributed by atoms with E-state index in [1.54, 1.807) is 0 Å². The summed E-state index contributed by atoms with van der Waals surface area (Å²) >= 11 is 6.73. The molecule has 5 N–H and O–H groups in total. The number of aliphatic hydroxyl groups is 2. The lowest BCUT2D eigenvalue weighted by Gasteiger charge is -2.14. The zero-order valence-corrected chi connectivity index (χ0v) is 15.4. The van der Waals surface area contributed by atoms with Crippen LogP contribution in [0.15, 0.2) is 6.07 Å². The van der Waals surface area contributed by atoms with Crippen LogP contribution in [0.2, 0.25) is 0 Å². The summed E-state index contributed by atoms with van der Waals surface area (Å²) in [5.74, 6) is 0. The average Bonchev–Trinajstić information content (AvgIpc) is 2.30. The third kappa shape index (κ3) is 4.60. The van der Waals surface area contributed by atoms with Crippen molar-refractivity contribution in [3.05, 3.63) is 22.3 Å². The highest BCUT2D eigenvalue weighted by molar-refractivity contribution is 14.1. The lowest BCUT2D eigenvalue weighted by atomic mass is 10.2. The van der Waals surface area contributed by atoms with Gasteiger partial charge in [0.05, 0.1) is 18.4 Å². The van der Waals surface area contributed by atoms with Gasteiger partial charge in [-0.25, -0.2) is 0 Å². The van der Waals surface area contributed by atoms with Crippen LogP contribution in [0.25, 0.3) is 0 Å². The van der Waals surface area contributed by atoms with Crippen molar-refractivity contribution in [1.29, 1.82) is 0 Å². The lowest BCUT2D eigenvalue weighted by molar-refractivity contribution is 0.0942. The Kier molecular flexibility index (Phi) is 7.24. The van der Waals surface area contributed by atoms with Crippen LogP contribution in [0.4, 0.5) is 5.69 Å². The summed E-state index contributed by atoms with van der Waals surface area (Å²) in [6.07, 6.45) is -0.716. The maximum Gasteiger partial charge on any atom is 0.0895 e. The van der Waals surface area contributed by atoms with Crippen molar-refractivity contribution in [2.24, 2.45) is 0 Å². The maximum atomic E-state index is 9.23. The van der Waals surface area contributed by atoms with Crippen LogP contribution in [0.1, 0.15) is 5.56 Å². The second-order valence-electron chi connectivity index (χ2n) is 3.51. The van der Waals surface area contributed by atoms with Crippen LogP contribution in [0, 0.1) is 10.7 Å². The first-order valence-electron chi connectivity index (χ1n) is 4.88. The zero-order valence-electron chi connectivity index (χ0n) is 8.88. The van der Waals surface area contributed by atoms with Crippen molar-refractivity contribution < 1.29 is 10.2 Å². The average molecular weight is 574 g/mol. The van der Waals surface area contributed by atoms with Crippen LogP contribution in [0.3, 0.4) is 0 Å². The van der Waals surface area contributed by atoms with Gasteiger partial charge < -0.3 is 21.3 Å². The minimum Gasteiger partial charge on any atom is -0.397 e. The Morgan fingerprint density at radius 1 is 1.29 bits per heavy atom. The second-order valence-corrected chi connectivity index (χ2v) is 6.92. The van der Waals surface area contributed by atoms with E-state index in [9.17, 15) is 5.11 Å². The van der Waals surface area contributed by atoms with E-state index in [-0.39, 0.29) is 6.61 Å². The Morgan fingerprint density at radius 3 is 2.53 bits per heavy atom. The lowest BCUT2D eigenvalue weighted by Crippen LogP contribution is -2.29. The van der Waals surface area contributed by atoms with Gasteiger partial charge in [0.1, 0.15) is 0 Å². The first kappa shape index (κ1) is 16.1. The van der Waals surface area contributed by atoms with Gasteiger partial charge in [0.2, 0.25) is 0 Å². The number of nitrogen functional groups attached to an aromatic ring is 1. The number of rotatable bonds is 5. The third-order valence-corrected chi connectivity index (χ3v) is 5.28.